The molecule has 1 aromatic carbocycles. The third-order valence-corrected chi connectivity index (χ3v) is 2.58. The van der Waals surface area contributed by atoms with E-state index in [1.807, 2.05) is 0 Å². The first kappa shape index (κ1) is 13.6. The van der Waals surface area contributed by atoms with Crippen molar-refractivity contribution < 1.29 is 14.3 Å². The lowest BCUT2D eigenvalue weighted by atomic mass is 10.2. The van der Waals surface area contributed by atoms with E-state index in [1.54, 1.807) is 18.2 Å². The molecule has 1 aromatic rings. The van der Waals surface area contributed by atoms with Gasteiger partial charge in [-0.2, -0.15) is 0 Å². The van der Waals surface area contributed by atoms with Crippen LogP contribution in [0.5, 0.6) is 5.75 Å². The van der Waals surface area contributed by atoms with Gasteiger partial charge in [-0.05, 0) is 25.0 Å². The molecule has 0 aliphatic heterocycles. The van der Waals surface area contributed by atoms with Crippen molar-refractivity contribution in [2.75, 3.05) is 19.5 Å². The maximum absolute atomic E-state index is 10.8. The number of carbonyl (C=O) groups is 1. The highest BCUT2D eigenvalue weighted by Crippen LogP contribution is 2.23. The molecule has 0 spiro atoms. The van der Waals surface area contributed by atoms with E-state index in [0.29, 0.717) is 29.5 Å². The number of benzene rings is 1. The van der Waals surface area contributed by atoms with Crippen LogP contribution in [0.3, 0.4) is 0 Å². The van der Waals surface area contributed by atoms with Gasteiger partial charge < -0.3 is 15.2 Å². The molecule has 0 radical (unpaired) electrons. The smallest absolute Gasteiger partial charge is 0.305 e. The minimum atomic E-state index is -0.194. The highest BCUT2D eigenvalue weighted by molar-refractivity contribution is 6.33. The zero-order valence-corrected chi connectivity index (χ0v) is 10.5. The monoisotopic (exact) mass is 257 g/mol. The van der Waals surface area contributed by atoms with E-state index in [2.05, 4.69) is 4.74 Å². The lowest BCUT2D eigenvalue weighted by molar-refractivity contribution is -0.140. The molecule has 1 rings (SSSR count). The Morgan fingerprint density at radius 2 is 2.18 bits per heavy atom. The zero-order valence-electron chi connectivity index (χ0n) is 9.74. The maximum Gasteiger partial charge on any atom is 0.305 e. The van der Waals surface area contributed by atoms with Crippen LogP contribution >= 0.6 is 11.6 Å². The van der Waals surface area contributed by atoms with E-state index in [-0.39, 0.29) is 5.97 Å². The van der Waals surface area contributed by atoms with E-state index >= 15 is 0 Å². The van der Waals surface area contributed by atoms with E-state index in [9.17, 15) is 4.79 Å². The molecule has 94 valence electrons. The van der Waals surface area contributed by atoms with Crippen LogP contribution in [-0.2, 0) is 9.53 Å². The number of nitrogens with two attached hydrogens (primary N) is 1. The molecule has 0 unspecified atom stereocenters. The Hall–Kier alpha value is -1.42. The second-order valence-corrected chi connectivity index (χ2v) is 3.97. The fourth-order valence-electron chi connectivity index (χ4n) is 1.28. The normalized spacial score (nSPS) is 10.0. The van der Waals surface area contributed by atoms with Crippen LogP contribution in [0.1, 0.15) is 19.3 Å². The summed E-state index contributed by atoms with van der Waals surface area (Å²) in [6, 6.07) is 5.14. The summed E-state index contributed by atoms with van der Waals surface area (Å²) in [6.07, 6.45) is 1.95. The third kappa shape index (κ3) is 4.95. The van der Waals surface area contributed by atoms with Crippen LogP contribution in [0.4, 0.5) is 5.69 Å². The maximum atomic E-state index is 10.8. The van der Waals surface area contributed by atoms with Crippen LogP contribution in [-0.4, -0.2) is 19.7 Å². The average molecular weight is 258 g/mol. The molecule has 0 heterocycles. The van der Waals surface area contributed by atoms with E-state index < -0.39 is 0 Å². The van der Waals surface area contributed by atoms with Crippen molar-refractivity contribution in [3.05, 3.63) is 23.2 Å². The first-order valence-electron chi connectivity index (χ1n) is 5.38. The predicted molar refractivity (Wildman–Crippen MR) is 67.2 cm³/mol. The molecule has 0 amide bonds. The summed E-state index contributed by atoms with van der Waals surface area (Å²) in [7, 11) is 1.38. The van der Waals surface area contributed by atoms with Gasteiger partial charge in [0, 0.05) is 12.5 Å². The number of carbonyl (C=O) groups excluding carboxylic acids is 1. The third-order valence-electron chi connectivity index (χ3n) is 2.24. The Labute approximate surface area is 106 Å². The van der Waals surface area contributed by atoms with Crippen molar-refractivity contribution in [3.63, 3.8) is 0 Å². The molecule has 0 aliphatic rings. The Bertz CT molecular complexity index is 382. The van der Waals surface area contributed by atoms with Crippen LogP contribution < -0.4 is 10.5 Å². The van der Waals surface area contributed by atoms with Crippen molar-refractivity contribution in [2.45, 2.75) is 19.3 Å². The van der Waals surface area contributed by atoms with Gasteiger partial charge in [0.05, 0.1) is 24.4 Å². The fraction of sp³-hybridized carbons (Fsp3) is 0.417. The van der Waals surface area contributed by atoms with Crippen molar-refractivity contribution in [1.82, 2.24) is 0 Å². The topological polar surface area (TPSA) is 61.5 Å². The number of anilines is 1. The molecule has 17 heavy (non-hydrogen) atoms. The Balaban J connectivity index is 2.22. The molecular formula is C12H16ClNO3. The number of halogens is 1. The number of ether oxygens (including phenoxy) is 2. The molecule has 4 nitrogen and oxygen atoms in total. The van der Waals surface area contributed by atoms with Crippen LogP contribution in [0.15, 0.2) is 18.2 Å². The van der Waals surface area contributed by atoms with Gasteiger partial charge in [-0.15, -0.1) is 0 Å². The summed E-state index contributed by atoms with van der Waals surface area (Å²) in [5.41, 5.74) is 6.13. The van der Waals surface area contributed by atoms with Gasteiger partial charge in [0.2, 0.25) is 0 Å². The second-order valence-electron chi connectivity index (χ2n) is 3.57. The van der Waals surface area contributed by atoms with Gasteiger partial charge in [-0.1, -0.05) is 11.6 Å². The first-order valence-corrected chi connectivity index (χ1v) is 5.76. The minimum absolute atomic E-state index is 0.194. The first-order chi connectivity index (χ1) is 8.13. The predicted octanol–water partition coefficient (Wildman–Crippen LogP) is 2.64. The number of nitrogen functional groups attached to an aromatic ring is 1. The van der Waals surface area contributed by atoms with E-state index in [1.165, 1.54) is 7.11 Å². The largest absolute Gasteiger partial charge is 0.494 e. The lowest BCUT2D eigenvalue weighted by Crippen LogP contribution is -2.02. The Kier molecular flexibility index (Phi) is 5.63. The van der Waals surface area contributed by atoms with Crippen molar-refractivity contribution in [1.29, 1.82) is 0 Å². The highest BCUT2D eigenvalue weighted by atomic mass is 35.5. The quantitative estimate of drug-likeness (QED) is 0.483. The van der Waals surface area contributed by atoms with Crippen molar-refractivity contribution >= 4 is 23.3 Å². The number of unbranched alkanes of at least 4 members (excludes halogenated alkanes) is 1. The van der Waals surface area contributed by atoms with Crippen LogP contribution in [0.2, 0.25) is 5.02 Å². The summed E-state index contributed by atoms with van der Waals surface area (Å²) < 4.78 is 10.00. The highest BCUT2D eigenvalue weighted by Gasteiger charge is 2.01. The zero-order chi connectivity index (χ0) is 12.7. The standard InChI is InChI=1S/C12H16ClNO3/c1-16-12(15)4-2-3-7-17-9-5-6-10(13)11(14)8-9/h5-6,8H,2-4,7,14H2,1H3. The number of rotatable bonds is 6. The van der Waals surface area contributed by atoms with Gasteiger partial charge in [-0.3, -0.25) is 4.79 Å². The summed E-state index contributed by atoms with van der Waals surface area (Å²) in [4.78, 5) is 10.8. The average Bonchev–Trinajstić information content (AvgIpc) is 2.33. The molecule has 0 aromatic heterocycles. The van der Waals surface area contributed by atoms with Gasteiger partial charge in [0.15, 0.2) is 0 Å². The molecule has 5 heteroatoms. The Morgan fingerprint density at radius 1 is 1.41 bits per heavy atom. The van der Waals surface area contributed by atoms with Crippen LogP contribution in [0, 0.1) is 0 Å². The second kappa shape index (κ2) is 7.01. The van der Waals surface area contributed by atoms with Crippen molar-refractivity contribution in [2.24, 2.45) is 0 Å². The van der Waals surface area contributed by atoms with Gasteiger partial charge in [0.1, 0.15) is 5.75 Å². The molecule has 0 aliphatic carbocycles. The fourth-order valence-corrected chi connectivity index (χ4v) is 1.39. The van der Waals surface area contributed by atoms with Gasteiger partial charge >= 0.3 is 5.97 Å². The number of methoxy groups -OCH3 is 1. The van der Waals surface area contributed by atoms with E-state index in [4.69, 9.17) is 22.1 Å². The van der Waals surface area contributed by atoms with Gasteiger partial charge in [0.25, 0.3) is 0 Å². The molecule has 0 bridgehead atoms. The number of hydrogen-bond donors (Lipinski definition) is 1. The Morgan fingerprint density at radius 3 is 2.82 bits per heavy atom. The SMILES string of the molecule is COC(=O)CCCCOc1ccc(Cl)c(N)c1. The molecular weight excluding hydrogens is 242 g/mol. The van der Waals surface area contributed by atoms with E-state index in [0.717, 1.165) is 12.8 Å². The summed E-state index contributed by atoms with van der Waals surface area (Å²) in [5, 5.41) is 0.517. The van der Waals surface area contributed by atoms with Crippen molar-refractivity contribution in [3.8, 4) is 5.75 Å². The summed E-state index contributed by atoms with van der Waals surface area (Å²) in [6.45, 7) is 0.540. The molecule has 0 atom stereocenters. The molecule has 0 saturated carbocycles. The molecule has 0 saturated heterocycles. The summed E-state index contributed by atoms with van der Waals surface area (Å²) >= 11 is 5.78. The lowest BCUT2D eigenvalue weighted by Gasteiger charge is -2.07. The minimum Gasteiger partial charge on any atom is -0.494 e. The molecule has 2 N–H and O–H groups in total. The van der Waals surface area contributed by atoms with Crippen LogP contribution in [0.25, 0.3) is 0 Å². The number of hydrogen-bond acceptors (Lipinski definition) is 4. The summed E-state index contributed by atoms with van der Waals surface area (Å²) in [5.74, 6) is 0.491. The molecule has 0 fully saturated rings. The number of esters is 1. The van der Waals surface area contributed by atoms with Gasteiger partial charge in [-0.25, -0.2) is 0 Å².